The molecule has 0 saturated heterocycles. The van der Waals surface area contributed by atoms with Crippen LogP contribution in [0, 0.1) is 0 Å². The van der Waals surface area contributed by atoms with Crippen molar-refractivity contribution in [2.24, 2.45) is 10.7 Å². The first-order valence-electron chi connectivity index (χ1n) is 8.80. The van der Waals surface area contributed by atoms with Gasteiger partial charge in [-0.25, -0.2) is 4.99 Å². The summed E-state index contributed by atoms with van der Waals surface area (Å²) >= 11 is 0. The van der Waals surface area contributed by atoms with E-state index in [0.29, 0.717) is 18.4 Å². The summed E-state index contributed by atoms with van der Waals surface area (Å²) in [5.41, 5.74) is 10.4. The molecule has 1 atom stereocenters. The van der Waals surface area contributed by atoms with Crippen LogP contribution in [0.3, 0.4) is 0 Å². The number of nitrogens with two attached hydrogens (primary N) is 1. The molecule has 2 aromatic rings. The fraction of sp³-hybridized carbons (Fsp3) is 0.474. The Bertz CT molecular complexity index is 703. The molecule has 0 spiro atoms. The Hall–Kier alpha value is -2.30. The zero-order chi connectivity index (χ0) is 16.9. The third-order valence-electron chi connectivity index (χ3n) is 4.80. The number of nitrogens with zero attached hydrogens (tertiary/aromatic N) is 2. The summed E-state index contributed by atoms with van der Waals surface area (Å²) in [6.07, 6.45) is 5.54. The first-order chi connectivity index (χ1) is 11.7. The molecule has 0 bridgehead atoms. The predicted molar refractivity (Wildman–Crippen MR) is 97.2 cm³/mol. The average molecular weight is 326 g/mol. The highest BCUT2D eigenvalue weighted by molar-refractivity contribution is 5.92. The Morgan fingerprint density at radius 3 is 2.79 bits per heavy atom. The number of hydrogen-bond acceptors (Lipinski definition) is 3. The van der Waals surface area contributed by atoms with E-state index in [2.05, 4.69) is 41.4 Å². The molecule has 1 aromatic heterocycles. The van der Waals surface area contributed by atoms with Crippen molar-refractivity contribution < 1.29 is 4.52 Å². The van der Waals surface area contributed by atoms with Crippen molar-refractivity contribution >= 4 is 11.6 Å². The largest absolute Gasteiger partial charge is 0.370 e. The standard InChI is InChI=1S/C19H26N4O/c1-3-13(2)14-8-10-15(11-9-14)22-19(20)21-12-17-16-6-4-5-7-18(16)24-23-17/h8-11,13H,3-7,12H2,1-2H3,(H3,20,21,22). The molecule has 0 amide bonds. The summed E-state index contributed by atoms with van der Waals surface area (Å²) in [5.74, 6) is 2.00. The van der Waals surface area contributed by atoms with Gasteiger partial charge in [0.25, 0.3) is 0 Å². The smallest absolute Gasteiger partial charge is 0.193 e. The maximum atomic E-state index is 6.00. The van der Waals surface area contributed by atoms with Gasteiger partial charge in [-0.3, -0.25) is 0 Å². The topological polar surface area (TPSA) is 76.4 Å². The van der Waals surface area contributed by atoms with Gasteiger partial charge in [-0.15, -0.1) is 0 Å². The van der Waals surface area contributed by atoms with E-state index < -0.39 is 0 Å². The number of nitrogens with one attached hydrogen (secondary N) is 1. The van der Waals surface area contributed by atoms with Gasteiger partial charge in [0.2, 0.25) is 0 Å². The normalized spacial score (nSPS) is 15.8. The van der Waals surface area contributed by atoms with E-state index >= 15 is 0 Å². The van der Waals surface area contributed by atoms with E-state index in [-0.39, 0.29) is 0 Å². The molecule has 128 valence electrons. The van der Waals surface area contributed by atoms with Crippen molar-refractivity contribution in [1.29, 1.82) is 0 Å². The molecule has 0 radical (unpaired) electrons. The second-order valence-electron chi connectivity index (χ2n) is 6.50. The Labute approximate surface area is 143 Å². The number of aliphatic imine (C=N–C) groups is 1. The molecule has 3 N–H and O–H groups in total. The first-order valence-corrected chi connectivity index (χ1v) is 8.80. The fourth-order valence-corrected chi connectivity index (χ4v) is 3.05. The van der Waals surface area contributed by atoms with Crippen molar-refractivity contribution in [3.8, 4) is 0 Å². The van der Waals surface area contributed by atoms with Gasteiger partial charge in [0.05, 0.1) is 6.54 Å². The average Bonchev–Trinajstić information content (AvgIpc) is 3.03. The van der Waals surface area contributed by atoms with E-state index in [4.69, 9.17) is 10.3 Å². The summed E-state index contributed by atoms with van der Waals surface area (Å²) in [6, 6.07) is 8.36. The van der Waals surface area contributed by atoms with Crippen LogP contribution < -0.4 is 11.1 Å². The van der Waals surface area contributed by atoms with Crippen LogP contribution in [0.4, 0.5) is 5.69 Å². The van der Waals surface area contributed by atoms with Crippen LogP contribution in [0.25, 0.3) is 0 Å². The zero-order valence-electron chi connectivity index (χ0n) is 14.5. The number of guanidine groups is 1. The lowest BCUT2D eigenvalue weighted by Crippen LogP contribution is -2.22. The molecule has 0 saturated carbocycles. The van der Waals surface area contributed by atoms with Gasteiger partial charge < -0.3 is 15.6 Å². The molecule has 24 heavy (non-hydrogen) atoms. The SMILES string of the molecule is CCC(C)c1ccc(NC(N)=NCc2noc3c2CCCC3)cc1. The molecule has 0 aliphatic heterocycles. The number of anilines is 1. The minimum atomic E-state index is 0.402. The molecular weight excluding hydrogens is 300 g/mol. The molecule has 1 heterocycles. The molecule has 1 aliphatic rings. The van der Waals surface area contributed by atoms with Crippen molar-refractivity contribution in [1.82, 2.24) is 5.16 Å². The second kappa shape index (κ2) is 7.51. The van der Waals surface area contributed by atoms with Crippen LogP contribution in [0.5, 0.6) is 0 Å². The third-order valence-corrected chi connectivity index (χ3v) is 4.80. The summed E-state index contributed by atoms with van der Waals surface area (Å²) < 4.78 is 5.40. The lowest BCUT2D eigenvalue weighted by molar-refractivity contribution is 0.368. The number of benzene rings is 1. The van der Waals surface area contributed by atoms with Crippen molar-refractivity contribution in [2.75, 3.05) is 5.32 Å². The molecule has 5 heteroatoms. The van der Waals surface area contributed by atoms with Crippen LogP contribution in [-0.2, 0) is 19.4 Å². The van der Waals surface area contributed by atoms with Crippen molar-refractivity contribution in [3.63, 3.8) is 0 Å². The van der Waals surface area contributed by atoms with Crippen LogP contribution in [0.1, 0.15) is 61.6 Å². The predicted octanol–water partition coefficient (Wildman–Crippen LogP) is 3.99. The van der Waals surface area contributed by atoms with Crippen LogP contribution in [-0.4, -0.2) is 11.1 Å². The monoisotopic (exact) mass is 326 g/mol. The number of rotatable bonds is 5. The molecule has 1 unspecified atom stereocenters. The Morgan fingerprint density at radius 2 is 2.04 bits per heavy atom. The number of aromatic nitrogens is 1. The molecular formula is C19H26N4O. The molecule has 0 fully saturated rings. The Kier molecular flexibility index (Phi) is 5.18. The van der Waals surface area contributed by atoms with Crippen molar-refractivity contribution in [2.45, 2.75) is 58.4 Å². The second-order valence-corrected chi connectivity index (χ2v) is 6.50. The maximum Gasteiger partial charge on any atom is 0.193 e. The number of aryl methyl sites for hydroxylation is 1. The highest BCUT2D eigenvalue weighted by Crippen LogP contribution is 2.24. The minimum Gasteiger partial charge on any atom is -0.370 e. The van der Waals surface area contributed by atoms with Gasteiger partial charge in [-0.2, -0.15) is 0 Å². The minimum absolute atomic E-state index is 0.402. The Balaban J connectivity index is 1.61. The van der Waals surface area contributed by atoms with Gasteiger partial charge in [0, 0.05) is 17.7 Å². The summed E-state index contributed by atoms with van der Waals surface area (Å²) in [5, 5.41) is 7.29. The van der Waals surface area contributed by atoms with E-state index in [1.165, 1.54) is 24.0 Å². The summed E-state index contributed by atoms with van der Waals surface area (Å²) in [7, 11) is 0. The molecule has 5 nitrogen and oxygen atoms in total. The van der Waals surface area contributed by atoms with E-state index in [9.17, 15) is 0 Å². The van der Waals surface area contributed by atoms with Gasteiger partial charge in [-0.1, -0.05) is 31.1 Å². The third kappa shape index (κ3) is 3.78. The maximum absolute atomic E-state index is 6.00. The van der Waals surface area contributed by atoms with E-state index in [0.717, 1.165) is 36.4 Å². The molecule has 1 aliphatic carbocycles. The van der Waals surface area contributed by atoms with Crippen LogP contribution in [0.15, 0.2) is 33.8 Å². The van der Waals surface area contributed by atoms with Gasteiger partial charge in [0.1, 0.15) is 11.5 Å². The van der Waals surface area contributed by atoms with Gasteiger partial charge >= 0.3 is 0 Å². The molecule has 3 rings (SSSR count). The van der Waals surface area contributed by atoms with Crippen LogP contribution >= 0.6 is 0 Å². The van der Waals surface area contributed by atoms with Gasteiger partial charge in [-0.05, 0) is 49.3 Å². The Morgan fingerprint density at radius 1 is 1.29 bits per heavy atom. The fourth-order valence-electron chi connectivity index (χ4n) is 3.05. The quantitative estimate of drug-likeness (QED) is 0.643. The number of fused-ring (bicyclic) bond motifs is 1. The highest BCUT2D eigenvalue weighted by Gasteiger charge is 2.18. The molecule has 1 aromatic carbocycles. The zero-order valence-corrected chi connectivity index (χ0v) is 14.5. The van der Waals surface area contributed by atoms with E-state index in [1.807, 2.05) is 12.1 Å². The summed E-state index contributed by atoms with van der Waals surface area (Å²) in [6.45, 7) is 4.89. The highest BCUT2D eigenvalue weighted by atomic mass is 16.5. The van der Waals surface area contributed by atoms with Crippen LogP contribution in [0.2, 0.25) is 0 Å². The summed E-state index contributed by atoms with van der Waals surface area (Å²) in [4.78, 5) is 4.40. The van der Waals surface area contributed by atoms with E-state index in [1.54, 1.807) is 0 Å². The first kappa shape index (κ1) is 16.6. The van der Waals surface area contributed by atoms with Crippen molar-refractivity contribution in [3.05, 3.63) is 46.8 Å². The lowest BCUT2D eigenvalue weighted by atomic mass is 9.96. The lowest BCUT2D eigenvalue weighted by Gasteiger charge is -2.11. The number of hydrogen-bond donors (Lipinski definition) is 2. The van der Waals surface area contributed by atoms with Gasteiger partial charge in [0.15, 0.2) is 5.96 Å².